The molecule has 1 aliphatic heterocycles. The maximum absolute atomic E-state index is 12.6. The summed E-state index contributed by atoms with van der Waals surface area (Å²) in [5, 5.41) is 0.427. The number of hydrogen-bond donors (Lipinski definition) is 0. The summed E-state index contributed by atoms with van der Waals surface area (Å²) >= 11 is 5.80. The Bertz CT molecular complexity index is 977. The zero-order valence-corrected chi connectivity index (χ0v) is 17.3. The van der Waals surface area contributed by atoms with Crippen molar-refractivity contribution in [1.29, 1.82) is 0 Å². The lowest BCUT2D eigenvalue weighted by atomic mass is 10.2. The average Bonchev–Trinajstić information content (AvgIpc) is 2.74. The molecule has 11 heteroatoms. The first kappa shape index (κ1) is 21.2. The second-order valence-electron chi connectivity index (χ2n) is 6.48. The van der Waals surface area contributed by atoms with Crippen LogP contribution in [0.25, 0.3) is 0 Å². The first-order chi connectivity index (χ1) is 13.8. The lowest BCUT2D eigenvalue weighted by molar-refractivity contribution is -0.132. The van der Waals surface area contributed by atoms with Gasteiger partial charge in [0.1, 0.15) is 5.69 Å². The van der Waals surface area contributed by atoms with Crippen molar-refractivity contribution in [2.75, 3.05) is 39.8 Å². The SMILES string of the molecule is CN(CC(=O)N1CCN(C(=O)c2cnccn2)CC1)S(=O)(=O)c1ccc(Cl)cc1. The Labute approximate surface area is 174 Å². The van der Waals surface area contributed by atoms with Gasteiger partial charge in [-0.2, -0.15) is 4.31 Å². The molecule has 2 heterocycles. The van der Waals surface area contributed by atoms with Crippen molar-refractivity contribution in [3.63, 3.8) is 0 Å². The van der Waals surface area contributed by atoms with E-state index in [1.807, 2.05) is 0 Å². The van der Waals surface area contributed by atoms with E-state index in [-0.39, 0.29) is 28.9 Å². The van der Waals surface area contributed by atoms with E-state index in [0.717, 1.165) is 4.31 Å². The van der Waals surface area contributed by atoms with Crippen LogP contribution in [-0.4, -0.2) is 84.1 Å². The van der Waals surface area contributed by atoms with Gasteiger partial charge < -0.3 is 9.80 Å². The predicted octanol–water partition coefficient (Wildman–Crippen LogP) is 0.735. The average molecular weight is 438 g/mol. The summed E-state index contributed by atoms with van der Waals surface area (Å²) in [5.74, 6) is -0.565. The molecule has 9 nitrogen and oxygen atoms in total. The lowest BCUT2D eigenvalue weighted by Crippen LogP contribution is -2.52. The molecule has 0 N–H and O–H groups in total. The van der Waals surface area contributed by atoms with E-state index < -0.39 is 10.0 Å². The van der Waals surface area contributed by atoms with Crippen LogP contribution in [0.4, 0.5) is 0 Å². The summed E-state index contributed by atoms with van der Waals surface area (Å²) in [6.07, 6.45) is 4.34. The Hall–Kier alpha value is -2.56. The molecule has 2 amide bonds. The first-order valence-electron chi connectivity index (χ1n) is 8.84. The quantitative estimate of drug-likeness (QED) is 0.683. The van der Waals surface area contributed by atoms with E-state index in [1.54, 1.807) is 9.80 Å². The molecule has 1 aliphatic rings. The van der Waals surface area contributed by atoms with Crippen LogP contribution >= 0.6 is 11.6 Å². The normalized spacial score (nSPS) is 14.9. The minimum Gasteiger partial charge on any atom is -0.338 e. The van der Waals surface area contributed by atoms with Crippen molar-refractivity contribution in [2.24, 2.45) is 0 Å². The van der Waals surface area contributed by atoms with Gasteiger partial charge in [0, 0.05) is 50.6 Å². The highest BCUT2D eigenvalue weighted by atomic mass is 35.5. The third-order valence-electron chi connectivity index (χ3n) is 4.58. The summed E-state index contributed by atoms with van der Waals surface area (Å²) in [4.78, 5) is 36.0. The van der Waals surface area contributed by atoms with Gasteiger partial charge >= 0.3 is 0 Å². The summed E-state index contributed by atoms with van der Waals surface area (Å²) in [5.41, 5.74) is 0.251. The van der Waals surface area contributed by atoms with E-state index in [0.29, 0.717) is 31.2 Å². The Balaban J connectivity index is 1.57. The molecule has 29 heavy (non-hydrogen) atoms. The number of rotatable bonds is 5. The standard InChI is InChI=1S/C18H20ClN5O4S/c1-22(29(27,28)15-4-2-14(19)3-5-15)13-17(25)23-8-10-24(11-9-23)18(26)16-12-20-6-7-21-16/h2-7,12H,8-11,13H2,1H3. The third kappa shape index (κ3) is 4.89. The van der Waals surface area contributed by atoms with Crippen LogP contribution in [0.3, 0.4) is 0 Å². The molecule has 0 saturated carbocycles. The number of sulfonamides is 1. The van der Waals surface area contributed by atoms with Crippen LogP contribution in [0.5, 0.6) is 0 Å². The van der Waals surface area contributed by atoms with Gasteiger partial charge in [-0.05, 0) is 24.3 Å². The second kappa shape index (κ2) is 8.85. The number of carbonyl (C=O) groups is 2. The number of hydrogen-bond acceptors (Lipinski definition) is 6. The minimum absolute atomic E-state index is 0.0663. The van der Waals surface area contributed by atoms with Crippen molar-refractivity contribution >= 4 is 33.4 Å². The van der Waals surface area contributed by atoms with Crippen molar-refractivity contribution in [3.05, 3.63) is 53.6 Å². The predicted molar refractivity (Wildman–Crippen MR) is 106 cm³/mol. The van der Waals surface area contributed by atoms with Crippen molar-refractivity contribution in [2.45, 2.75) is 4.90 Å². The van der Waals surface area contributed by atoms with E-state index in [9.17, 15) is 18.0 Å². The molecule has 2 aromatic rings. The van der Waals surface area contributed by atoms with Crippen LogP contribution < -0.4 is 0 Å². The van der Waals surface area contributed by atoms with Crippen LogP contribution in [0.15, 0.2) is 47.8 Å². The number of nitrogens with zero attached hydrogens (tertiary/aromatic N) is 5. The minimum atomic E-state index is -3.80. The first-order valence-corrected chi connectivity index (χ1v) is 10.7. The van der Waals surface area contributed by atoms with Gasteiger partial charge in [0.25, 0.3) is 5.91 Å². The molecule has 154 valence electrons. The maximum atomic E-state index is 12.6. The van der Waals surface area contributed by atoms with E-state index >= 15 is 0 Å². The number of aromatic nitrogens is 2. The zero-order valence-electron chi connectivity index (χ0n) is 15.7. The van der Waals surface area contributed by atoms with E-state index in [1.165, 1.54) is 49.9 Å². The van der Waals surface area contributed by atoms with Crippen LogP contribution in [0.2, 0.25) is 5.02 Å². The molecule has 1 saturated heterocycles. The summed E-state index contributed by atoms with van der Waals surface area (Å²) in [6.45, 7) is 1.03. The maximum Gasteiger partial charge on any atom is 0.274 e. The van der Waals surface area contributed by atoms with Gasteiger partial charge in [0.05, 0.1) is 17.6 Å². The monoisotopic (exact) mass is 437 g/mol. The van der Waals surface area contributed by atoms with E-state index in [4.69, 9.17) is 11.6 Å². The smallest absolute Gasteiger partial charge is 0.274 e. The number of benzene rings is 1. The molecule has 1 aromatic heterocycles. The number of amides is 2. The van der Waals surface area contributed by atoms with Crippen molar-refractivity contribution in [3.8, 4) is 0 Å². The number of carbonyl (C=O) groups excluding carboxylic acids is 2. The number of piperazine rings is 1. The molecular weight excluding hydrogens is 418 g/mol. The van der Waals surface area contributed by atoms with Gasteiger partial charge in [0.15, 0.2) is 0 Å². The Morgan fingerprint density at radius 1 is 1.07 bits per heavy atom. The fraction of sp³-hybridized carbons (Fsp3) is 0.333. The third-order valence-corrected chi connectivity index (χ3v) is 6.65. The molecule has 1 aromatic carbocycles. The molecular formula is C18H20ClN5O4S. The molecule has 3 rings (SSSR count). The van der Waals surface area contributed by atoms with Gasteiger partial charge in [-0.15, -0.1) is 0 Å². The fourth-order valence-electron chi connectivity index (χ4n) is 2.89. The van der Waals surface area contributed by atoms with Crippen LogP contribution in [0, 0.1) is 0 Å². The molecule has 0 aliphatic carbocycles. The Kier molecular flexibility index (Phi) is 6.46. The summed E-state index contributed by atoms with van der Waals surface area (Å²) < 4.78 is 26.2. The summed E-state index contributed by atoms with van der Waals surface area (Å²) in [6, 6.07) is 5.76. The molecule has 1 fully saturated rings. The molecule has 0 bridgehead atoms. The Morgan fingerprint density at radius 3 is 2.28 bits per heavy atom. The van der Waals surface area contributed by atoms with Gasteiger partial charge in [0.2, 0.25) is 15.9 Å². The molecule has 0 unspecified atom stereocenters. The van der Waals surface area contributed by atoms with Gasteiger partial charge in [-0.25, -0.2) is 13.4 Å². The fourth-order valence-corrected chi connectivity index (χ4v) is 4.14. The highest BCUT2D eigenvalue weighted by molar-refractivity contribution is 7.89. The molecule has 0 atom stereocenters. The highest BCUT2D eigenvalue weighted by Gasteiger charge is 2.29. The number of likely N-dealkylation sites (N-methyl/N-ethyl adjacent to an activating group) is 1. The Morgan fingerprint density at radius 2 is 1.69 bits per heavy atom. The second-order valence-corrected chi connectivity index (χ2v) is 8.96. The van der Waals surface area contributed by atoms with Crippen molar-refractivity contribution in [1.82, 2.24) is 24.1 Å². The molecule has 0 spiro atoms. The van der Waals surface area contributed by atoms with Gasteiger partial charge in [-0.1, -0.05) is 11.6 Å². The topological polar surface area (TPSA) is 104 Å². The summed E-state index contributed by atoms with van der Waals surface area (Å²) in [7, 11) is -2.45. The van der Waals surface area contributed by atoms with Gasteiger partial charge in [-0.3, -0.25) is 14.6 Å². The van der Waals surface area contributed by atoms with Crippen molar-refractivity contribution < 1.29 is 18.0 Å². The van der Waals surface area contributed by atoms with Crippen LogP contribution in [0.1, 0.15) is 10.5 Å². The lowest BCUT2D eigenvalue weighted by Gasteiger charge is -2.35. The molecule has 0 radical (unpaired) electrons. The van der Waals surface area contributed by atoms with Crippen LogP contribution in [-0.2, 0) is 14.8 Å². The zero-order chi connectivity index (χ0) is 21.0. The largest absolute Gasteiger partial charge is 0.338 e. The number of halogens is 1. The van der Waals surface area contributed by atoms with E-state index in [2.05, 4.69) is 9.97 Å². The highest BCUT2D eigenvalue weighted by Crippen LogP contribution is 2.17.